The lowest BCUT2D eigenvalue weighted by molar-refractivity contribution is 0.00649. The fourth-order valence-corrected chi connectivity index (χ4v) is 5.05. The molecule has 35 heavy (non-hydrogen) atoms. The van der Waals surface area contributed by atoms with Crippen molar-refractivity contribution in [3.05, 3.63) is 47.1 Å². The molecule has 2 N–H and O–H groups in total. The van der Waals surface area contributed by atoms with Crippen molar-refractivity contribution in [2.75, 3.05) is 6.79 Å². The number of benzene rings is 1. The van der Waals surface area contributed by atoms with Gasteiger partial charge in [-0.3, -0.25) is 4.52 Å². The van der Waals surface area contributed by atoms with Crippen molar-refractivity contribution in [2.24, 2.45) is 5.92 Å². The standard InChI is InChI=1S/C26H39O8P/c1-7-8-9-10-20-14-23(27)25(22-13-19(6)11-12-21(22)17(2)3)24(15-20)33-26(28)31-16-32-35(29,30)34-18(4)5/h13-15,18,21-22,27H,2,7-12,16H2,1,3-6H3,(H,29,30)/t21-,22+/m0/s1. The highest BCUT2D eigenvalue weighted by Crippen LogP contribution is 2.47. The quantitative estimate of drug-likeness (QED) is 0.0761. The number of carbonyl (C=O) groups is 1. The Morgan fingerprint density at radius 3 is 2.63 bits per heavy atom. The number of carbonyl (C=O) groups excluding carboxylic acids is 1. The van der Waals surface area contributed by atoms with Crippen LogP contribution in [0.25, 0.3) is 0 Å². The molecule has 1 aromatic carbocycles. The van der Waals surface area contributed by atoms with Gasteiger partial charge in [-0.1, -0.05) is 43.6 Å². The molecule has 1 aliphatic rings. The average molecular weight is 511 g/mol. The smallest absolute Gasteiger partial charge is 0.507 e. The summed E-state index contributed by atoms with van der Waals surface area (Å²) in [6, 6.07) is 3.48. The second-order valence-electron chi connectivity index (χ2n) is 9.38. The minimum atomic E-state index is -4.37. The van der Waals surface area contributed by atoms with E-state index in [1.807, 2.05) is 13.8 Å². The molecule has 0 saturated heterocycles. The Kier molecular flexibility index (Phi) is 11.0. The van der Waals surface area contributed by atoms with Gasteiger partial charge in [0.15, 0.2) is 0 Å². The fourth-order valence-electron chi connectivity index (χ4n) is 4.27. The molecule has 0 amide bonds. The monoisotopic (exact) mass is 510 g/mol. The predicted molar refractivity (Wildman–Crippen MR) is 134 cm³/mol. The van der Waals surface area contributed by atoms with Crippen LogP contribution >= 0.6 is 7.82 Å². The highest BCUT2D eigenvalue weighted by molar-refractivity contribution is 7.47. The molecule has 196 valence electrons. The van der Waals surface area contributed by atoms with Crippen molar-refractivity contribution in [3.63, 3.8) is 0 Å². The van der Waals surface area contributed by atoms with Gasteiger partial charge in [0.2, 0.25) is 6.79 Å². The largest absolute Gasteiger partial charge is 0.516 e. The third kappa shape index (κ3) is 9.12. The topological polar surface area (TPSA) is 112 Å². The number of unbranched alkanes of at least 4 members (excludes halogenated alkanes) is 2. The van der Waals surface area contributed by atoms with Crippen molar-refractivity contribution in [1.82, 2.24) is 0 Å². The van der Waals surface area contributed by atoms with E-state index in [1.54, 1.807) is 26.0 Å². The SMILES string of the molecule is C=C(C)[C@@H]1CCC(C)=C[C@H]1c1c(O)cc(CCCCC)cc1OC(=O)OCOP(=O)(O)OC(C)C. The number of phenols is 1. The van der Waals surface area contributed by atoms with Gasteiger partial charge < -0.3 is 19.5 Å². The molecule has 9 heteroatoms. The Bertz CT molecular complexity index is 968. The van der Waals surface area contributed by atoms with Gasteiger partial charge in [0.05, 0.1) is 6.10 Å². The molecule has 0 radical (unpaired) electrons. The molecular weight excluding hydrogens is 471 g/mol. The van der Waals surface area contributed by atoms with Crippen molar-refractivity contribution in [2.45, 2.75) is 85.2 Å². The minimum absolute atomic E-state index is 0.0467. The molecule has 1 unspecified atom stereocenters. The average Bonchev–Trinajstić information content (AvgIpc) is 2.72. The summed E-state index contributed by atoms with van der Waals surface area (Å²) in [7, 11) is -4.37. The van der Waals surface area contributed by atoms with Gasteiger partial charge in [0.1, 0.15) is 11.5 Å². The Morgan fingerprint density at radius 2 is 2.00 bits per heavy atom. The van der Waals surface area contributed by atoms with Gasteiger partial charge in [-0.15, -0.1) is 0 Å². The van der Waals surface area contributed by atoms with E-state index in [1.165, 1.54) is 5.57 Å². The van der Waals surface area contributed by atoms with Gasteiger partial charge in [0, 0.05) is 11.5 Å². The number of hydrogen-bond donors (Lipinski definition) is 2. The van der Waals surface area contributed by atoms with E-state index < -0.39 is 26.9 Å². The first-order chi connectivity index (χ1) is 16.4. The maximum atomic E-state index is 12.5. The van der Waals surface area contributed by atoms with Crippen LogP contribution in [-0.4, -0.2) is 29.1 Å². The second kappa shape index (κ2) is 13.3. The Balaban J connectivity index is 2.30. The van der Waals surface area contributed by atoms with Gasteiger partial charge in [-0.2, -0.15) is 0 Å². The zero-order valence-corrected chi connectivity index (χ0v) is 22.3. The Labute approximate surface area is 208 Å². The molecule has 1 aliphatic carbocycles. The molecular formula is C26H39O8P. The summed E-state index contributed by atoms with van der Waals surface area (Å²) in [5.41, 5.74) is 3.50. The number of rotatable bonds is 12. The normalized spacial score (nSPS) is 19.7. The van der Waals surface area contributed by atoms with Crippen molar-refractivity contribution in [1.29, 1.82) is 0 Å². The molecule has 3 atom stereocenters. The summed E-state index contributed by atoms with van der Waals surface area (Å²) in [5, 5.41) is 11.0. The van der Waals surface area contributed by atoms with Crippen LogP contribution in [0.2, 0.25) is 0 Å². The van der Waals surface area contributed by atoms with Crippen LogP contribution < -0.4 is 4.74 Å². The van der Waals surface area contributed by atoms with Gasteiger partial charge >= 0.3 is 14.0 Å². The summed E-state index contributed by atoms with van der Waals surface area (Å²) in [4.78, 5) is 22.1. The van der Waals surface area contributed by atoms with Crippen molar-refractivity contribution >= 4 is 14.0 Å². The first kappa shape index (κ1) is 29.1. The maximum absolute atomic E-state index is 12.5. The van der Waals surface area contributed by atoms with Crippen molar-refractivity contribution in [3.8, 4) is 11.5 Å². The number of ether oxygens (including phenoxy) is 2. The number of aromatic hydroxyl groups is 1. The summed E-state index contributed by atoms with van der Waals surface area (Å²) >= 11 is 0. The summed E-state index contributed by atoms with van der Waals surface area (Å²) in [6.45, 7) is 12.6. The number of phosphoric ester groups is 1. The first-order valence-corrected chi connectivity index (χ1v) is 13.6. The van der Waals surface area contributed by atoms with Crippen LogP contribution in [0.4, 0.5) is 4.79 Å². The Morgan fingerprint density at radius 1 is 1.29 bits per heavy atom. The second-order valence-corrected chi connectivity index (χ2v) is 10.8. The van der Waals surface area contributed by atoms with E-state index >= 15 is 0 Å². The highest BCUT2D eigenvalue weighted by Gasteiger charge is 2.32. The molecule has 0 heterocycles. The van der Waals surface area contributed by atoms with E-state index in [0.717, 1.165) is 49.7 Å². The zero-order valence-electron chi connectivity index (χ0n) is 21.4. The molecule has 0 bridgehead atoms. The van der Waals surface area contributed by atoms with Gasteiger partial charge in [-0.05, 0) is 77.0 Å². The van der Waals surface area contributed by atoms with Crippen LogP contribution in [0.15, 0.2) is 35.9 Å². The van der Waals surface area contributed by atoms with E-state index in [2.05, 4.69) is 24.1 Å². The minimum Gasteiger partial charge on any atom is -0.507 e. The summed E-state index contributed by atoms with van der Waals surface area (Å²) in [6.07, 6.45) is 5.98. The lowest BCUT2D eigenvalue weighted by Crippen LogP contribution is -2.20. The molecule has 0 fully saturated rings. The maximum Gasteiger partial charge on any atom is 0.516 e. The first-order valence-electron chi connectivity index (χ1n) is 12.1. The summed E-state index contributed by atoms with van der Waals surface area (Å²) in [5.74, 6) is 0.0903. The molecule has 0 aliphatic heterocycles. The molecule has 1 aromatic rings. The predicted octanol–water partition coefficient (Wildman–Crippen LogP) is 7.16. The third-order valence-electron chi connectivity index (χ3n) is 5.89. The molecule has 2 rings (SSSR count). The van der Waals surface area contributed by atoms with Gasteiger partial charge in [0.25, 0.3) is 0 Å². The summed E-state index contributed by atoms with van der Waals surface area (Å²) < 4.78 is 31.6. The van der Waals surface area contributed by atoms with Crippen LogP contribution in [0.1, 0.15) is 83.8 Å². The molecule has 0 spiro atoms. The van der Waals surface area contributed by atoms with E-state index in [0.29, 0.717) is 5.56 Å². The van der Waals surface area contributed by atoms with Gasteiger partial charge in [-0.25, -0.2) is 13.9 Å². The van der Waals surface area contributed by atoms with E-state index in [-0.39, 0.29) is 23.3 Å². The van der Waals surface area contributed by atoms with Crippen LogP contribution in [-0.2, 0) is 24.8 Å². The number of phosphoric acid groups is 1. The highest BCUT2D eigenvalue weighted by atomic mass is 31.2. The number of aryl methyl sites for hydroxylation is 1. The van der Waals surface area contributed by atoms with E-state index in [9.17, 15) is 19.4 Å². The van der Waals surface area contributed by atoms with Crippen LogP contribution in [0.3, 0.4) is 0 Å². The fraction of sp³-hybridized carbons (Fsp3) is 0.577. The van der Waals surface area contributed by atoms with E-state index in [4.69, 9.17) is 14.0 Å². The molecule has 0 saturated carbocycles. The van der Waals surface area contributed by atoms with Crippen LogP contribution in [0.5, 0.6) is 11.5 Å². The number of phenolic OH excluding ortho intramolecular Hbond substituents is 1. The lowest BCUT2D eigenvalue weighted by Gasteiger charge is -2.32. The third-order valence-corrected chi connectivity index (χ3v) is 7.01. The molecule has 0 aromatic heterocycles. The Hall–Kier alpha value is -2.12. The number of allylic oxidation sites excluding steroid dienone is 3. The van der Waals surface area contributed by atoms with Crippen molar-refractivity contribution < 1.29 is 37.9 Å². The molecule has 8 nitrogen and oxygen atoms in total. The lowest BCUT2D eigenvalue weighted by atomic mass is 9.73. The zero-order chi connectivity index (χ0) is 26.2. The number of hydrogen-bond acceptors (Lipinski definition) is 7. The van der Waals surface area contributed by atoms with Crippen LogP contribution in [0, 0.1) is 5.92 Å².